The summed E-state index contributed by atoms with van der Waals surface area (Å²) < 4.78 is 3.10. The lowest BCUT2D eigenvalue weighted by atomic mass is 10.1. The van der Waals surface area contributed by atoms with Crippen LogP contribution in [0.4, 0.5) is 0 Å². The van der Waals surface area contributed by atoms with Crippen molar-refractivity contribution in [1.29, 1.82) is 0 Å². The predicted molar refractivity (Wildman–Crippen MR) is 101 cm³/mol. The smallest absolute Gasteiger partial charge is 0.284 e. The third-order valence-corrected chi connectivity index (χ3v) is 4.89. The molecule has 0 aliphatic heterocycles. The van der Waals surface area contributed by atoms with Gasteiger partial charge in [-0.25, -0.2) is 4.98 Å². The van der Waals surface area contributed by atoms with Gasteiger partial charge in [0, 0.05) is 5.02 Å². The minimum Gasteiger partial charge on any atom is -0.290 e. The first kappa shape index (κ1) is 16.5. The van der Waals surface area contributed by atoms with Crippen LogP contribution in [0.25, 0.3) is 16.9 Å². The number of benzene rings is 2. The van der Waals surface area contributed by atoms with Gasteiger partial charge < -0.3 is 0 Å². The van der Waals surface area contributed by atoms with E-state index in [1.807, 2.05) is 56.3 Å². The topological polar surface area (TPSA) is 65.6 Å². The Bertz CT molecular complexity index is 1150. The molecule has 130 valence electrons. The third kappa shape index (κ3) is 2.68. The fraction of sp³-hybridized carbons (Fsp3) is 0.158. The molecule has 6 nitrogen and oxygen atoms in total. The van der Waals surface area contributed by atoms with E-state index in [-0.39, 0.29) is 17.1 Å². The first-order valence-electron chi connectivity index (χ1n) is 8.20. The number of nitrogens with zero attached hydrogens (tertiary/aromatic N) is 5. The number of rotatable bonds is 3. The highest BCUT2D eigenvalue weighted by Crippen LogP contribution is 2.21. The van der Waals surface area contributed by atoms with Crippen molar-refractivity contribution in [3.8, 4) is 5.69 Å². The molecule has 2 aromatic carbocycles. The zero-order valence-electron chi connectivity index (χ0n) is 14.3. The van der Waals surface area contributed by atoms with Gasteiger partial charge in [-0.15, -0.1) is 5.10 Å². The lowest BCUT2D eigenvalue weighted by molar-refractivity contribution is 0.607. The van der Waals surface area contributed by atoms with Gasteiger partial charge in [-0.1, -0.05) is 53.2 Å². The molecule has 2 heterocycles. The lowest BCUT2D eigenvalue weighted by Crippen LogP contribution is -2.24. The SMILES string of the molecule is Cc1ccc(-n2nnc3c(=O)n([C@@H](C)c4ccccc4)cnc32)cc1Cl. The summed E-state index contributed by atoms with van der Waals surface area (Å²) in [5.74, 6) is 0. The molecule has 0 aliphatic carbocycles. The van der Waals surface area contributed by atoms with Gasteiger partial charge in [-0.3, -0.25) is 9.36 Å². The fourth-order valence-corrected chi connectivity index (χ4v) is 3.05. The molecule has 1 atom stereocenters. The van der Waals surface area contributed by atoms with Crippen LogP contribution in [0.3, 0.4) is 0 Å². The van der Waals surface area contributed by atoms with Crippen molar-refractivity contribution in [3.05, 3.63) is 81.4 Å². The summed E-state index contributed by atoms with van der Waals surface area (Å²) in [6.45, 7) is 3.88. The molecule has 0 fully saturated rings. The Labute approximate surface area is 154 Å². The number of hydrogen-bond acceptors (Lipinski definition) is 4. The van der Waals surface area contributed by atoms with Crippen LogP contribution in [0, 0.1) is 6.92 Å². The van der Waals surface area contributed by atoms with Crippen LogP contribution in [0.5, 0.6) is 0 Å². The number of aryl methyl sites for hydroxylation is 1. The summed E-state index contributed by atoms with van der Waals surface area (Å²) in [6, 6.07) is 15.2. The lowest BCUT2D eigenvalue weighted by Gasteiger charge is -2.14. The summed E-state index contributed by atoms with van der Waals surface area (Å²) in [4.78, 5) is 17.3. The monoisotopic (exact) mass is 365 g/mol. The van der Waals surface area contributed by atoms with Crippen molar-refractivity contribution < 1.29 is 0 Å². The second-order valence-corrected chi connectivity index (χ2v) is 6.56. The average molecular weight is 366 g/mol. The maximum absolute atomic E-state index is 12.9. The van der Waals surface area contributed by atoms with Crippen molar-refractivity contribution in [2.24, 2.45) is 0 Å². The van der Waals surface area contributed by atoms with Gasteiger partial charge in [-0.2, -0.15) is 4.68 Å². The van der Waals surface area contributed by atoms with Crippen LogP contribution in [0.1, 0.15) is 24.1 Å². The molecule has 0 aliphatic rings. The van der Waals surface area contributed by atoms with Crippen LogP contribution >= 0.6 is 11.6 Å². The summed E-state index contributed by atoms with van der Waals surface area (Å²) >= 11 is 6.20. The molecule has 4 aromatic rings. The summed E-state index contributed by atoms with van der Waals surface area (Å²) in [5, 5.41) is 8.78. The Hall–Kier alpha value is -2.99. The van der Waals surface area contributed by atoms with Crippen molar-refractivity contribution in [3.63, 3.8) is 0 Å². The minimum atomic E-state index is -0.226. The van der Waals surface area contributed by atoms with Crippen LogP contribution < -0.4 is 5.56 Å². The van der Waals surface area contributed by atoms with E-state index in [9.17, 15) is 4.79 Å². The van der Waals surface area contributed by atoms with Crippen LogP contribution in [-0.4, -0.2) is 24.5 Å². The Morgan fingerprint density at radius 3 is 2.62 bits per heavy atom. The van der Waals surface area contributed by atoms with Gasteiger partial charge >= 0.3 is 0 Å². The normalized spacial score (nSPS) is 12.4. The maximum Gasteiger partial charge on any atom is 0.284 e. The van der Waals surface area contributed by atoms with Crippen LogP contribution in [-0.2, 0) is 0 Å². The first-order valence-corrected chi connectivity index (χ1v) is 8.58. The van der Waals surface area contributed by atoms with E-state index >= 15 is 0 Å². The van der Waals surface area contributed by atoms with E-state index < -0.39 is 0 Å². The van der Waals surface area contributed by atoms with Gasteiger partial charge in [-0.05, 0) is 37.1 Å². The highest BCUT2D eigenvalue weighted by Gasteiger charge is 2.17. The van der Waals surface area contributed by atoms with Gasteiger partial charge in [0.2, 0.25) is 0 Å². The molecule has 0 N–H and O–H groups in total. The van der Waals surface area contributed by atoms with Gasteiger partial charge in [0.15, 0.2) is 11.2 Å². The highest BCUT2D eigenvalue weighted by molar-refractivity contribution is 6.31. The maximum atomic E-state index is 12.9. The van der Waals surface area contributed by atoms with Gasteiger partial charge in [0.25, 0.3) is 5.56 Å². The molecule has 0 saturated heterocycles. The second-order valence-electron chi connectivity index (χ2n) is 6.15. The fourth-order valence-electron chi connectivity index (χ4n) is 2.88. The van der Waals surface area contributed by atoms with E-state index in [0.717, 1.165) is 11.1 Å². The molecule has 4 rings (SSSR count). The third-order valence-electron chi connectivity index (χ3n) is 4.49. The zero-order valence-corrected chi connectivity index (χ0v) is 15.1. The molecule has 0 saturated carbocycles. The number of halogens is 1. The van der Waals surface area contributed by atoms with Crippen molar-refractivity contribution >= 4 is 22.8 Å². The molecular weight excluding hydrogens is 350 g/mol. The Morgan fingerprint density at radius 2 is 1.88 bits per heavy atom. The molecule has 0 bridgehead atoms. The van der Waals surface area contributed by atoms with E-state index in [1.54, 1.807) is 10.6 Å². The number of fused-ring (bicyclic) bond motifs is 1. The number of aromatic nitrogens is 5. The largest absolute Gasteiger partial charge is 0.290 e. The molecule has 26 heavy (non-hydrogen) atoms. The van der Waals surface area contributed by atoms with E-state index in [1.165, 1.54) is 11.0 Å². The van der Waals surface area contributed by atoms with Crippen molar-refractivity contribution in [1.82, 2.24) is 24.5 Å². The van der Waals surface area contributed by atoms with Crippen molar-refractivity contribution in [2.75, 3.05) is 0 Å². The van der Waals surface area contributed by atoms with E-state index in [2.05, 4.69) is 15.3 Å². The first-order chi connectivity index (χ1) is 12.6. The number of hydrogen-bond donors (Lipinski definition) is 0. The highest BCUT2D eigenvalue weighted by atomic mass is 35.5. The molecule has 0 spiro atoms. The van der Waals surface area contributed by atoms with E-state index in [4.69, 9.17) is 11.6 Å². The van der Waals surface area contributed by atoms with E-state index in [0.29, 0.717) is 16.4 Å². The quantitative estimate of drug-likeness (QED) is 0.557. The van der Waals surface area contributed by atoms with Crippen LogP contribution in [0.15, 0.2) is 59.7 Å². The summed E-state index contributed by atoms with van der Waals surface area (Å²) in [7, 11) is 0. The molecule has 0 radical (unpaired) electrons. The average Bonchev–Trinajstić information content (AvgIpc) is 3.09. The Balaban J connectivity index is 1.83. The second kappa shape index (κ2) is 6.38. The van der Waals surface area contributed by atoms with Gasteiger partial charge in [0.1, 0.15) is 6.33 Å². The molecule has 7 heteroatoms. The predicted octanol–water partition coefficient (Wildman–Crippen LogP) is 3.55. The zero-order chi connectivity index (χ0) is 18.3. The standard InChI is InChI=1S/C19H16ClN5O/c1-12-8-9-15(10-16(12)20)25-18-17(22-23-25)19(26)24(11-21-18)13(2)14-6-4-3-5-7-14/h3-11,13H,1-2H3/t13-/m0/s1. The Morgan fingerprint density at radius 1 is 1.12 bits per heavy atom. The molecular formula is C19H16ClN5O. The van der Waals surface area contributed by atoms with Crippen molar-refractivity contribution in [2.45, 2.75) is 19.9 Å². The van der Waals surface area contributed by atoms with Crippen LogP contribution in [0.2, 0.25) is 5.02 Å². The molecule has 2 aromatic heterocycles. The van der Waals surface area contributed by atoms with Gasteiger partial charge in [0.05, 0.1) is 11.7 Å². The Kier molecular flexibility index (Phi) is 4.05. The molecule has 0 unspecified atom stereocenters. The summed E-state index contributed by atoms with van der Waals surface area (Å²) in [5.41, 5.74) is 3.11. The summed E-state index contributed by atoms with van der Waals surface area (Å²) in [6.07, 6.45) is 1.54. The molecule has 0 amide bonds. The minimum absolute atomic E-state index is 0.153.